The van der Waals surface area contributed by atoms with E-state index < -0.39 is 0 Å². The van der Waals surface area contributed by atoms with Crippen molar-refractivity contribution in [2.45, 2.75) is 19.8 Å². The van der Waals surface area contributed by atoms with Crippen LogP contribution in [0, 0.1) is 5.82 Å². The van der Waals surface area contributed by atoms with Crippen molar-refractivity contribution in [1.29, 1.82) is 0 Å². The Morgan fingerprint density at radius 2 is 2.07 bits per heavy atom. The molecule has 0 saturated carbocycles. The Balaban J connectivity index is 2.65. The predicted octanol–water partition coefficient (Wildman–Crippen LogP) is 4.09. The van der Waals surface area contributed by atoms with E-state index in [9.17, 15) is 4.39 Å². The zero-order chi connectivity index (χ0) is 10.8. The lowest BCUT2D eigenvalue weighted by Gasteiger charge is -2.04. The van der Waals surface area contributed by atoms with Crippen molar-refractivity contribution in [3.8, 4) is 0 Å². The molecule has 1 heterocycles. The maximum atomic E-state index is 13.4. The number of aromatic nitrogens is 1. The van der Waals surface area contributed by atoms with E-state index in [4.69, 9.17) is 0 Å². The summed E-state index contributed by atoms with van der Waals surface area (Å²) in [5, 5.41) is 0.573. The number of pyridine rings is 1. The lowest BCUT2D eigenvalue weighted by Crippen LogP contribution is -1.91. The largest absolute Gasteiger partial charge is 0.252 e. The lowest BCUT2D eigenvalue weighted by molar-refractivity contribution is 0.639. The van der Waals surface area contributed by atoms with Gasteiger partial charge in [-0.3, -0.25) is 4.98 Å². The Morgan fingerprint density at radius 3 is 2.80 bits per heavy atom. The molecule has 0 N–H and O–H groups in total. The fourth-order valence-electron chi connectivity index (χ4n) is 1.58. The van der Waals surface area contributed by atoms with Gasteiger partial charge in [0.1, 0.15) is 5.82 Å². The predicted molar refractivity (Wildman–Crippen MR) is 63.4 cm³/mol. The van der Waals surface area contributed by atoms with Gasteiger partial charge >= 0.3 is 0 Å². The van der Waals surface area contributed by atoms with Gasteiger partial charge < -0.3 is 0 Å². The topological polar surface area (TPSA) is 12.9 Å². The minimum absolute atomic E-state index is 0.219. The highest BCUT2D eigenvalue weighted by molar-refractivity contribution is 9.10. The van der Waals surface area contributed by atoms with Gasteiger partial charge in [0.05, 0.1) is 5.52 Å². The van der Waals surface area contributed by atoms with Crippen LogP contribution in [-0.4, -0.2) is 4.98 Å². The lowest BCUT2D eigenvalue weighted by atomic mass is 10.1. The minimum Gasteiger partial charge on any atom is -0.252 e. The molecule has 15 heavy (non-hydrogen) atoms. The molecule has 0 fully saturated rings. The van der Waals surface area contributed by atoms with Crippen molar-refractivity contribution in [1.82, 2.24) is 4.98 Å². The van der Waals surface area contributed by atoms with Crippen LogP contribution in [0.15, 0.2) is 28.7 Å². The summed E-state index contributed by atoms with van der Waals surface area (Å²) in [6.07, 6.45) is 1.98. The molecule has 0 atom stereocenters. The third-order valence-electron chi connectivity index (χ3n) is 2.32. The second-order valence-corrected chi connectivity index (χ2v) is 4.33. The summed E-state index contributed by atoms with van der Waals surface area (Å²) in [6, 6.07) is 6.84. The summed E-state index contributed by atoms with van der Waals surface area (Å²) in [4.78, 5) is 4.44. The van der Waals surface area contributed by atoms with Gasteiger partial charge in [0.15, 0.2) is 0 Å². The van der Waals surface area contributed by atoms with Gasteiger partial charge in [-0.05, 0) is 46.6 Å². The Kier molecular flexibility index (Phi) is 3.00. The SMILES string of the molecule is CCCc1ccc2c(F)ccc(Br)c2n1. The van der Waals surface area contributed by atoms with Crippen molar-refractivity contribution < 1.29 is 4.39 Å². The Morgan fingerprint density at radius 1 is 1.27 bits per heavy atom. The summed E-state index contributed by atoms with van der Waals surface area (Å²) < 4.78 is 14.3. The third-order valence-corrected chi connectivity index (χ3v) is 2.96. The highest BCUT2D eigenvalue weighted by Crippen LogP contribution is 2.24. The molecule has 0 unspecified atom stereocenters. The zero-order valence-corrected chi connectivity index (χ0v) is 10.0. The molecule has 0 aliphatic heterocycles. The molecule has 0 radical (unpaired) electrons. The van der Waals surface area contributed by atoms with Crippen LogP contribution in [0.2, 0.25) is 0 Å². The van der Waals surface area contributed by atoms with E-state index in [1.54, 1.807) is 12.1 Å². The number of fused-ring (bicyclic) bond motifs is 1. The van der Waals surface area contributed by atoms with Gasteiger partial charge in [-0.2, -0.15) is 0 Å². The van der Waals surface area contributed by atoms with Crippen LogP contribution in [0.5, 0.6) is 0 Å². The van der Waals surface area contributed by atoms with E-state index in [1.807, 2.05) is 6.07 Å². The van der Waals surface area contributed by atoms with Gasteiger partial charge in [-0.15, -0.1) is 0 Å². The molecule has 0 amide bonds. The van der Waals surface area contributed by atoms with Gasteiger partial charge in [0.2, 0.25) is 0 Å². The minimum atomic E-state index is -0.219. The molecule has 0 bridgehead atoms. The number of hydrogen-bond acceptors (Lipinski definition) is 1. The summed E-state index contributed by atoms with van der Waals surface area (Å²) in [5.41, 5.74) is 1.72. The van der Waals surface area contributed by atoms with Crippen molar-refractivity contribution in [3.05, 3.63) is 40.2 Å². The number of benzene rings is 1. The van der Waals surface area contributed by atoms with Crippen LogP contribution in [0.1, 0.15) is 19.0 Å². The van der Waals surface area contributed by atoms with Crippen molar-refractivity contribution in [2.24, 2.45) is 0 Å². The van der Waals surface area contributed by atoms with E-state index in [-0.39, 0.29) is 5.82 Å². The Hall–Kier alpha value is -0.960. The summed E-state index contributed by atoms with van der Waals surface area (Å²) in [5.74, 6) is -0.219. The first kappa shape index (κ1) is 10.6. The highest BCUT2D eigenvalue weighted by Gasteiger charge is 2.06. The van der Waals surface area contributed by atoms with Crippen molar-refractivity contribution in [2.75, 3.05) is 0 Å². The number of nitrogens with zero attached hydrogens (tertiary/aromatic N) is 1. The van der Waals surface area contributed by atoms with Crippen LogP contribution >= 0.6 is 15.9 Å². The van der Waals surface area contributed by atoms with Crippen LogP contribution < -0.4 is 0 Å². The zero-order valence-electron chi connectivity index (χ0n) is 8.43. The summed E-state index contributed by atoms with van der Waals surface area (Å²) >= 11 is 3.39. The van der Waals surface area contributed by atoms with Gasteiger partial charge in [-0.1, -0.05) is 13.3 Å². The number of rotatable bonds is 2. The number of aryl methyl sites for hydroxylation is 1. The van der Waals surface area contributed by atoms with Crippen molar-refractivity contribution >= 4 is 26.8 Å². The van der Waals surface area contributed by atoms with Crippen LogP contribution in [-0.2, 0) is 6.42 Å². The van der Waals surface area contributed by atoms with E-state index in [0.29, 0.717) is 10.9 Å². The fourth-order valence-corrected chi connectivity index (χ4v) is 2.02. The highest BCUT2D eigenvalue weighted by atomic mass is 79.9. The Bertz CT molecular complexity index is 496. The molecule has 2 aromatic rings. The second kappa shape index (κ2) is 4.27. The summed E-state index contributed by atoms with van der Waals surface area (Å²) in [7, 11) is 0. The molecular weight excluding hydrogens is 257 g/mol. The first-order chi connectivity index (χ1) is 7.22. The standard InChI is InChI=1S/C12H11BrFN/c1-2-3-8-4-5-9-11(14)7-6-10(13)12(9)15-8/h4-7H,2-3H2,1H3. The van der Waals surface area contributed by atoms with Crippen LogP contribution in [0.25, 0.3) is 10.9 Å². The van der Waals surface area contributed by atoms with Gasteiger partial charge in [-0.25, -0.2) is 4.39 Å². The molecular formula is C12H11BrFN. The van der Waals surface area contributed by atoms with Gasteiger partial charge in [0.25, 0.3) is 0 Å². The molecule has 1 aromatic carbocycles. The molecule has 1 nitrogen and oxygen atoms in total. The van der Waals surface area contributed by atoms with E-state index in [2.05, 4.69) is 27.8 Å². The molecule has 0 aliphatic carbocycles. The van der Waals surface area contributed by atoms with E-state index >= 15 is 0 Å². The monoisotopic (exact) mass is 267 g/mol. The molecule has 0 saturated heterocycles. The van der Waals surface area contributed by atoms with E-state index in [0.717, 1.165) is 23.0 Å². The fraction of sp³-hybridized carbons (Fsp3) is 0.250. The maximum absolute atomic E-state index is 13.4. The molecule has 3 heteroatoms. The molecule has 1 aromatic heterocycles. The Labute approximate surface area is 96.5 Å². The van der Waals surface area contributed by atoms with Crippen LogP contribution in [0.3, 0.4) is 0 Å². The normalized spacial score (nSPS) is 10.9. The van der Waals surface area contributed by atoms with E-state index in [1.165, 1.54) is 6.07 Å². The third kappa shape index (κ3) is 2.02. The maximum Gasteiger partial charge on any atom is 0.132 e. The van der Waals surface area contributed by atoms with Gasteiger partial charge in [0, 0.05) is 15.6 Å². The average Bonchev–Trinajstić information content (AvgIpc) is 2.24. The number of halogens is 2. The first-order valence-corrected chi connectivity index (χ1v) is 5.75. The smallest absolute Gasteiger partial charge is 0.132 e. The summed E-state index contributed by atoms with van der Waals surface area (Å²) in [6.45, 7) is 2.10. The average molecular weight is 268 g/mol. The molecule has 2 rings (SSSR count). The molecule has 78 valence electrons. The van der Waals surface area contributed by atoms with Crippen LogP contribution in [0.4, 0.5) is 4.39 Å². The second-order valence-electron chi connectivity index (χ2n) is 3.48. The molecule has 0 spiro atoms. The molecule has 0 aliphatic rings. The first-order valence-electron chi connectivity index (χ1n) is 4.96. The quantitative estimate of drug-likeness (QED) is 0.799. The van der Waals surface area contributed by atoms with Crippen molar-refractivity contribution in [3.63, 3.8) is 0 Å². The number of hydrogen-bond donors (Lipinski definition) is 0.